The summed E-state index contributed by atoms with van der Waals surface area (Å²) in [7, 11) is -4.26. The van der Waals surface area contributed by atoms with Crippen LogP contribution in [0.25, 0.3) is 11.0 Å². The van der Waals surface area contributed by atoms with Crippen LogP contribution < -0.4 is 9.62 Å². The Morgan fingerprint density at radius 2 is 1.91 bits per heavy atom. The van der Waals surface area contributed by atoms with Gasteiger partial charge < -0.3 is 19.3 Å². The molecule has 222 valence electrons. The molecule has 0 spiro atoms. The number of aromatic carboxylic acids is 1. The Morgan fingerprint density at radius 3 is 2.58 bits per heavy atom. The Labute approximate surface area is 247 Å². The second-order valence-corrected chi connectivity index (χ2v) is 12.1. The predicted molar refractivity (Wildman–Crippen MR) is 155 cm³/mol. The zero-order valence-corrected chi connectivity index (χ0v) is 23.8. The van der Waals surface area contributed by atoms with Gasteiger partial charge in [0.25, 0.3) is 10.0 Å². The summed E-state index contributed by atoms with van der Waals surface area (Å²) >= 11 is 0. The third-order valence-electron chi connectivity index (χ3n) is 7.64. The van der Waals surface area contributed by atoms with Crippen molar-refractivity contribution in [1.82, 2.24) is 19.4 Å². The summed E-state index contributed by atoms with van der Waals surface area (Å²) in [5.41, 5.74) is 1.74. The number of hydrogen-bond acceptors (Lipinski definition) is 9. The van der Waals surface area contributed by atoms with Gasteiger partial charge in [-0.1, -0.05) is 6.07 Å². The summed E-state index contributed by atoms with van der Waals surface area (Å²) in [6.07, 6.45) is 1.02. The number of nitriles is 1. The number of anilines is 2. The van der Waals surface area contributed by atoms with Gasteiger partial charge in [-0.15, -0.1) is 0 Å². The van der Waals surface area contributed by atoms with Crippen molar-refractivity contribution in [2.75, 3.05) is 42.4 Å². The van der Waals surface area contributed by atoms with E-state index in [-0.39, 0.29) is 23.0 Å². The van der Waals surface area contributed by atoms with E-state index in [1.807, 2.05) is 4.90 Å². The molecular weight excluding hydrogens is 577 g/mol. The normalized spacial score (nSPS) is 17.4. The van der Waals surface area contributed by atoms with Crippen LogP contribution in [-0.2, 0) is 27.8 Å². The molecule has 1 atom stereocenters. The fourth-order valence-electron chi connectivity index (χ4n) is 5.23. The number of piperazine rings is 1. The van der Waals surface area contributed by atoms with E-state index >= 15 is 0 Å². The standard InChI is InChI=1S/C29H28FN7O5S/c30-22-14-19(16-31)4-7-25(22)43(40,41)34-26-2-1-3-27(33-26)36-11-9-35(10-12-36)18-28-32-23-6-5-20(29(38)39)15-24(23)37(28)17-21-8-13-42-21/h1-7,14-15,21H,8-13,17-18H2,(H,33,34)(H,38,39)/t21-/m0/s1. The molecule has 6 rings (SSSR count). The lowest BCUT2D eigenvalue weighted by Gasteiger charge is -2.35. The smallest absolute Gasteiger partial charge is 0.335 e. The van der Waals surface area contributed by atoms with E-state index in [9.17, 15) is 22.7 Å². The second kappa shape index (κ2) is 11.6. The third-order valence-corrected chi connectivity index (χ3v) is 9.03. The first-order valence-electron chi connectivity index (χ1n) is 13.7. The maximum atomic E-state index is 14.4. The highest BCUT2D eigenvalue weighted by molar-refractivity contribution is 7.92. The number of nitrogens with one attached hydrogen (secondary N) is 1. The van der Waals surface area contributed by atoms with E-state index < -0.39 is 26.7 Å². The van der Waals surface area contributed by atoms with Gasteiger partial charge >= 0.3 is 5.97 Å². The summed E-state index contributed by atoms with van der Waals surface area (Å²) in [6, 6.07) is 14.9. The maximum Gasteiger partial charge on any atom is 0.335 e. The molecule has 14 heteroatoms. The second-order valence-electron chi connectivity index (χ2n) is 10.4. The average molecular weight is 606 g/mol. The lowest BCUT2D eigenvalue weighted by Crippen LogP contribution is -2.46. The third kappa shape index (κ3) is 6.00. The van der Waals surface area contributed by atoms with Gasteiger partial charge in [0.2, 0.25) is 0 Å². The van der Waals surface area contributed by atoms with Crippen molar-refractivity contribution in [3.63, 3.8) is 0 Å². The molecule has 2 aromatic carbocycles. The molecule has 2 aliphatic rings. The van der Waals surface area contributed by atoms with E-state index in [0.717, 1.165) is 42.0 Å². The van der Waals surface area contributed by atoms with Crippen LogP contribution in [0, 0.1) is 17.1 Å². The molecule has 0 unspecified atom stereocenters. The Morgan fingerprint density at radius 1 is 1.12 bits per heavy atom. The van der Waals surface area contributed by atoms with Gasteiger partial charge in [-0.2, -0.15) is 5.26 Å². The zero-order valence-electron chi connectivity index (χ0n) is 23.0. The molecule has 0 bridgehead atoms. The summed E-state index contributed by atoms with van der Waals surface area (Å²) in [5, 5.41) is 18.4. The van der Waals surface area contributed by atoms with Crippen molar-refractivity contribution in [3.8, 4) is 6.07 Å². The number of aromatic nitrogens is 3. The lowest BCUT2D eigenvalue weighted by atomic mass is 10.1. The van der Waals surface area contributed by atoms with Crippen LogP contribution in [0.15, 0.2) is 59.5 Å². The van der Waals surface area contributed by atoms with Crippen LogP contribution in [0.5, 0.6) is 0 Å². The van der Waals surface area contributed by atoms with Gasteiger partial charge in [-0.25, -0.2) is 27.6 Å². The van der Waals surface area contributed by atoms with Gasteiger partial charge in [-0.05, 0) is 55.0 Å². The number of sulfonamides is 1. The van der Waals surface area contributed by atoms with E-state index in [0.29, 0.717) is 45.1 Å². The Balaban J connectivity index is 1.14. The van der Waals surface area contributed by atoms with E-state index in [1.54, 1.807) is 36.4 Å². The van der Waals surface area contributed by atoms with Crippen LogP contribution in [0.3, 0.4) is 0 Å². The molecule has 12 nitrogen and oxygen atoms in total. The number of ether oxygens (including phenoxy) is 1. The number of pyridine rings is 1. The number of carboxylic acids is 1. The number of fused-ring (bicyclic) bond motifs is 1. The monoisotopic (exact) mass is 605 g/mol. The SMILES string of the molecule is N#Cc1ccc(S(=O)(=O)Nc2cccc(N3CCN(Cc4nc5ccc(C(=O)O)cc5n4C[C@@H]4CCO4)CC3)n2)c(F)c1. The molecule has 2 saturated heterocycles. The number of halogens is 1. The molecule has 2 aliphatic heterocycles. The first-order valence-corrected chi connectivity index (χ1v) is 15.2. The molecular formula is C29H28FN7O5S. The summed E-state index contributed by atoms with van der Waals surface area (Å²) in [4.78, 5) is 24.6. The number of hydrogen-bond donors (Lipinski definition) is 2. The molecule has 43 heavy (non-hydrogen) atoms. The van der Waals surface area contributed by atoms with Crippen molar-refractivity contribution in [1.29, 1.82) is 5.26 Å². The number of rotatable bonds is 9. The zero-order chi connectivity index (χ0) is 30.1. The molecule has 0 saturated carbocycles. The average Bonchev–Trinajstić information content (AvgIpc) is 3.30. The van der Waals surface area contributed by atoms with Crippen LogP contribution in [0.2, 0.25) is 0 Å². The van der Waals surface area contributed by atoms with Crippen molar-refractivity contribution in [2.45, 2.75) is 30.5 Å². The molecule has 2 fully saturated rings. The molecule has 2 aromatic heterocycles. The number of carbonyl (C=O) groups is 1. The highest BCUT2D eigenvalue weighted by atomic mass is 32.2. The Kier molecular flexibility index (Phi) is 7.70. The van der Waals surface area contributed by atoms with Gasteiger partial charge in [-0.3, -0.25) is 9.62 Å². The number of carboxylic acid groups (broad SMARTS) is 1. The molecule has 0 radical (unpaired) electrons. The Hall–Kier alpha value is -4.58. The fraction of sp³-hybridized carbons (Fsp3) is 0.310. The fourth-order valence-corrected chi connectivity index (χ4v) is 6.30. The highest BCUT2D eigenvalue weighted by Gasteiger charge is 2.26. The van der Waals surface area contributed by atoms with Crippen LogP contribution in [0.1, 0.15) is 28.2 Å². The largest absolute Gasteiger partial charge is 0.478 e. The molecule has 4 heterocycles. The minimum absolute atomic E-state index is 0.0210. The van der Waals surface area contributed by atoms with Gasteiger partial charge in [0.15, 0.2) is 0 Å². The molecule has 0 aliphatic carbocycles. The lowest BCUT2D eigenvalue weighted by molar-refractivity contribution is -0.0592. The number of imidazole rings is 1. The summed E-state index contributed by atoms with van der Waals surface area (Å²) in [6.45, 7) is 4.53. The van der Waals surface area contributed by atoms with E-state index in [4.69, 9.17) is 15.0 Å². The minimum Gasteiger partial charge on any atom is -0.478 e. The Bertz CT molecular complexity index is 1840. The maximum absolute atomic E-state index is 14.4. The van der Waals surface area contributed by atoms with E-state index in [2.05, 4.69) is 19.2 Å². The van der Waals surface area contributed by atoms with Crippen molar-refractivity contribution >= 4 is 38.7 Å². The number of nitrogens with zero attached hydrogens (tertiary/aromatic N) is 6. The molecule has 2 N–H and O–H groups in total. The van der Waals surface area contributed by atoms with Crippen molar-refractivity contribution in [2.24, 2.45) is 0 Å². The molecule has 0 amide bonds. The summed E-state index contributed by atoms with van der Waals surface area (Å²) in [5.74, 6) is -0.535. The quantitative estimate of drug-likeness (QED) is 0.291. The van der Waals surface area contributed by atoms with Gasteiger partial charge in [0.1, 0.15) is 28.2 Å². The predicted octanol–water partition coefficient (Wildman–Crippen LogP) is 3.05. The van der Waals surface area contributed by atoms with E-state index in [1.165, 1.54) is 12.1 Å². The van der Waals surface area contributed by atoms with Crippen molar-refractivity contribution in [3.05, 3.63) is 77.4 Å². The topological polar surface area (TPSA) is 154 Å². The van der Waals surface area contributed by atoms with Crippen molar-refractivity contribution < 1.29 is 27.4 Å². The van der Waals surface area contributed by atoms with Crippen LogP contribution in [0.4, 0.5) is 16.0 Å². The molecule has 4 aromatic rings. The summed E-state index contributed by atoms with van der Waals surface area (Å²) < 4.78 is 50.1. The van der Waals surface area contributed by atoms with Crippen LogP contribution in [-0.4, -0.2) is 77.8 Å². The minimum atomic E-state index is -4.26. The first-order chi connectivity index (χ1) is 20.7. The highest BCUT2D eigenvalue weighted by Crippen LogP contribution is 2.25. The van der Waals surface area contributed by atoms with Gasteiger partial charge in [0, 0.05) is 32.8 Å². The first kappa shape index (κ1) is 28.5. The van der Waals surface area contributed by atoms with Gasteiger partial charge in [0.05, 0.1) is 47.4 Å². The number of benzene rings is 2. The van der Waals surface area contributed by atoms with Crippen LogP contribution >= 0.6 is 0 Å².